The lowest BCUT2D eigenvalue weighted by atomic mass is 9.94. The summed E-state index contributed by atoms with van der Waals surface area (Å²) in [7, 11) is 4.34. The topological polar surface area (TPSA) is 27.7 Å². The normalized spacial score (nSPS) is 35.8. The van der Waals surface area contributed by atoms with Gasteiger partial charge in [-0.15, -0.1) is 0 Å². The molecule has 106 valence electrons. The van der Waals surface area contributed by atoms with Crippen molar-refractivity contribution >= 4 is 0 Å². The molecule has 2 fully saturated rings. The van der Waals surface area contributed by atoms with Crippen molar-refractivity contribution in [3.63, 3.8) is 0 Å². The van der Waals surface area contributed by atoms with E-state index in [0.717, 1.165) is 25.7 Å². The summed E-state index contributed by atoms with van der Waals surface area (Å²) in [5, 5.41) is 3.46. The fourth-order valence-corrected chi connectivity index (χ4v) is 3.31. The number of rotatable bonds is 4. The number of hydrogen-bond acceptors (Lipinski definition) is 4. The zero-order valence-corrected chi connectivity index (χ0v) is 12.2. The number of ether oxygens (including phenoxy) is 1. The summed E-state index contributed by atoms with van der Waals surface area (Å²) in [5.74, 6) is 0.657. The van der Waals surface area contributed by atoms with Gasteiger partial charge in [0.2, 0.25) is 0 Å². The van der Waals surface area contributed by atoms with E-state index in [1.165, 1.54) is 32.6 Å². The second-order valence-electron chi connectivity index (χ2n) is 5.82. The number of likely N-dealkylation sites (N-methyl/N-ethyl adjacent to an activating group) is 1. The zero-order chi connectivity index (χ0) is 13.0. The van der Waals surface area contributed by atoms with Crippen molar-refractivity contribution in [2.24, 2.45) is 5.92 Å². The molecule has 0 amide bonds. The maximum Gasteiger partial charge on any atom is 0.0521 e. The first kappa shape index (κ1) is 14.3. The molecule has 2 heterocycles. The van der Waals surface area contributed by atoms with Crippen LogP contribution in [0.4, 0.5) is 0 Å². The monoisotopic (exact) mass is 255 g/mol. The van der Waals surface area contributed by atoms with Gasteiger partial charge in [-0.3, -0.25) is 0 Å². The molecular weight excluding hydrogens is 226 g/mol. The molecule has 0 radical (unpaired) electrons. The van der Waals surface area contributed by atoms with Gasteiger partial charge in [-0.2, -0.15) is 0 Å². The Labute approximate surface area is 112 Å². The predicted molar refractivity (Wildman–Crippen MR) is 74.9 cm³/mol. The third-order valence-electron chi connectivity index (χ3n) is 4.67. The Kier molecular flexibility index (Phi) is 5.42. The van der Waals surface area contributed by atoms with Gasteiger partial charge < -0.3 is 19.9 Å². The molecule has 0 saturated carbocycles. The van der Waals surface area contributed by atoms with Crippen LogP contribution in [-0.2, 0) is 4.74 Å². The molecular formula is C14H29N3O. The molecule has 3 unspecified atom stereocenters. The average molecular weight is 255 g/mol. The van der Waals surface area contributed by atoms with Gasteiger partial charge in [0, 0.05) is 50.8 Å². The number of nitrogens with one attached hydrogen (secondary N) is 1. The van der Waals surface area contributed by atoms with Gasteiger partial charge in [-0.1, -0.05) is 6.92 Å². The summed E-state index contributed by atoms with van der Waals surface area (Å²) >= 11 is 0. The molecule has 0 aliphatic carbocycles. The van der Waals surface area contributed by atoms with Crippen molar-refractivity contribution in [2.75, 3.05) is 53.5 Å². The molecule has 2 aliphatic rings. The fourth-order valence-electron chi connectivity index (χ4n) is 3.31. The Morgan fingerprint density at radius 2 is 2.17 bits per heavy atom. The van der Waals surface area contributed by atoms with E-state index in [4.69, 9.17) is 4.74 Å². The van der Waals surface area contributed by atoms with Crippen molar-refractivity contribution in [3.05, 3.63) is 0 Å². The van der Waals surface area contributed by atoms with Crippen LogP contribution in [-0.4, -0.2) is 75.4 Å². The third kappa shape index (κ3) is 3.44. The minimum absolute atomic E-state index is 0.637. The number of hydrogen-bond donors (Lipinski definition) is 1. The fraction of sp³-hybridized carbons (Fsp3) is 1.00. The second-order valence-corrected chi connectivity index (χ2v) is 5.82. The van der Waals surface area contributed by atoms with Crippen LogP contribution in [0.3, 0.4) is 0 Å². The van der Waals surface area contributed by atoms with Crippen LogP contribution in [0.15, 0.2) is 0 Å². The Balaban J connectivity index is 1.84. The minimum Gasteiger partial charge on any atom is -0.381 e. The van der Waals surface area contributed by atoms with Gasteiger partial charge in [-0.05, 0) is 26.9 Å². The standard InChI is InChI=1S/C14H29N3O/c1-4-13-10-17(7-6-16(13)3)9-12-11-18-8-5-14(12)15-2/h12-15H,4-11H2,1-3H3. The molecule has 4 heteroatoms. The first-order chi connectivity index (χ1) is 8.74. The van der Waals surface area contributed by atoms with Crippen LogP contribution in [0.25, 0.3) is 0 Å². The summed E-state index contributed by atoms with van der Waals surface area (Å²) in [4.78, 5) is 5.14. The number of piperazine rings is 1. The second kappa shape index (κ2) is 6.85. The minimum atomic E-state index is 0.637. The molecule has 0 aromatic rings. The van der Waals surface area contributed by atoms with Crippen LogP contribution in [0.2, 0.25) is 0 Å². The lowest BCUT2D eigenvalue weighted by Gasteiger charge is -2.42. The largest absolute Gasteiger partial charge is 0.381 e. The van der Waals surface area contributed by atoms with Crippen LogP contribution in [0.1, 0.15) is 19.8 Å². The molecule has 3 atom stereocenters. The predicted octanol–water partition coefficient (Wildman–Crippen LogP) is 0.637. The Morgan fingerprint density at radius 3 is 2.89 bits per heavy atom. The highest BCUT2D eigenvalue weighted by Gasteiger charge is 2.29. The summed E-state index contributed by atoms with van der Waals surface area (Å²) in [6.45, 7) is 8.97. The van der Waals surface area contributed by atoms with Gasteiger partial charge in [-0.25, -0.2) is 0 Å². The van der Waals surface area contributed by atoms with E-state index < -0.39 is 0 Å². The molecule has 18 heavy (non-hydrogen) atoms. The molecule has 2 aliphatic heterocycles. The SMILES string of the molecule is CCC1CN(CC2COCCC2NC)CCN1C. The Morgan fingerprint density at radius 1 is 1.33 bits per heavy atom. The third-order valence-corrected chi connectivity index (χ3v) is 4.67. The van der Waals surface area contributed by atoms with Crippen LogP contribution < -0.4 is 5.32 Å². The maximum atomic E-state index is 5.65. The van der Waals surface area contributed by atoms with Crippen LogP contribution in [0, 0.1) is 5.92 Å². The maximum absolute atomic E-state index is 5.65. The van der Waals surface area contributed by atoms with Gasteiger partial charge in [0.1, 0.15) is 0 Å². The van der Waals surface area contributed by atoms with Gasteiger partial charge in [0.05, 0.1) is 6.61 Å². The van der Waals surface area contributed by atoms with E-state index in [1.807, 2.05) is 0 Å². The van der Waals surface area contributed by atoms with Gasteiger partial charge >= 0.3 is 0 Å². The molecule has 2 saturated heterocycles. The molecule has 0 aromatic heterocycles. The summed E-state index contributed by atoms with van der Waals surface area (Å²) in [6, 6.07) is 1.37. The molecule has 0 spiro atoms. The van der Waals surface area contributed by atoms with E-state index in [-0.39, 0.29) is 0 Å². The van der Waals surface area contributed by atoms with Crippen molar-refractivity contribution in [3.8, 4) is 0 Å². The molecule has 0 bridgehead atoms. The van der Waals surface area contributed by atoms with Gasteiger partial charge in [0.15, 0.2) is 0 Å². The highest BCUT2D eigenvalue weighted by molar-refractivity contribution is 4.85. The molecule has 1 N–H and O–H groups in total. The van der Waals surface area contributed by atoms with E-state index in [0.29, 0.717) is 12.0 Å². The first-order valence-electron chi connectivity index (χ1n) is 7.42. The molecule has 4 nitrogen and oxygen atoms in total. The smallest absolute Gasteiger partial charge is 0.0521 e. The van der Waals surface area contributed by atoms with Crippen molar-refractivity contribution in [2.45, 2.75) is 31.8 Å². The first-order valence-corrected chi connectivity index (χ1v) is 7.42. The molecule has 2 rings (SSSR count). The lowest BCUT2D eigenvalue weighted by molar-refractivity contribution is 0.00424. The van der Waals surface area contributed by atoms with E-state index in [9.17, 15) is 0 Å². The van der Waals surface area contributed by atoms with Crippen molar-refractivity contribution in [1.29, 1.82) is 0 Å². The highest BCUT2D eigenvalue weighted by Crippen LogP contribution is 2.18. The van der Waals surface area contributed by atoms with E-state index >= 15 is 0 Å². The quantitative estimate of drug-likeness (QED) is 0.798. The summed E-state index contributed by atoms with van der Waals surface area (Å²) in [6.07, 6.45) is 2.41. The van der Waals surface area contributed by atoms with Gasteiger partial charge in [0.25, 0.3) is 0 Å². The van der Waals surface area contributed by atoms with Crippen LogP contribution in [0.5, 0.6) is 0 Å². The van der Waals surface area contributed by atoms with E-state index in [2.05, 4.69) is 36.1 Å². The Hall–Kier alpha value is -0.160. The van der Waals surface area contributed by atoms with E-state index in [1.54, 1.807) is 0 Å². The average Bonchev–Trinajstić information content (AvgIpc) is 2.41. The van der Waals surface area contributed by atoms with Crippen molar-refractivity contribution in [1.82, 2.24) is 15.1 Å². The lowest BCUT2D eigenvalue weighted by Crippen LogP contribution is -2.54. The number of nitrogens with zero attached hydrogens (tertiary/aromatic N) is 2. The summed E-state index contributed by atoms with van der Waals surface area (Å²) < 4.78 is 5.65. The highest BCUT2D eigenvalue weighted by atomic mass is 16.5. The van der Waals surface area contributed by atoms with Crippen molar-refractivity contribution < 1.29 is 4.74 Å². The Bertz CT molecular complexity index is 249. The summed E-state index contributed by atoms with van der Waals surface area (Å²) in [5.41, 5.74) is 0. The van der Waals surface area contributed by atoms with Crippen LogP contribution >= 0.6 is 0 Å². The zero-order valence-electron chi connectivity index (χ0n) is 12.2. The molecule has 0 aromatic carbocycles.